The van der Waals surface area contributed by atoms with E-state index in [1.807, 2.05) is 6.07 Å². The highest BCUT2D eigenvalue weighted by molar-refractivity contribution is 6.31. The van der Waals surface area contributed by atoms with Crippen LogP contribution in [0.2, 0.25) is 5.02 Å². The number of methoxy groups -OCH3 is 1. The normalized spacial score (nSPS) is 11.8. The van der Waals surface area contributed by atoms with Gasteiger partial charge in [-0.3, -0.25) is 4.79 Å². The van der Waals surface area contributed by atoms with E-state index in [4.69, 9.17) is 21.6 Å². The van der Waals surface area contributed by atoms with Crippen molar-refractivity contribution in [3.05, 3.63) is 57.0 Å². The molecule has 0 fully saturated rings. The maximum atomic E-state index is 12.5. The SMILES string of the molecule is COc1nc(N[C@@H](C)c2cc3cc(Cl)ccc3n(O)c2=O)ncc1C#N. The fraction of sp³-hybridized carbons (Fsp3) is 0.176. The molecule has 1 atom stereocenters. The lowest BCUT2D eigenvalue weighted by atomic mass is 10.1. The van der Waals surface area contributed by atoms with Crippen molar-refractivity contribution in [2.75, 3.05) is 12.4 Å². The number of aromatic nitrogens is 3. The number of nitrogens with zero attached hydrogens (tertiary/aromatic N) is 4. The number of rotatable bonds is 4. The van der Waals surface area contributed by atoms with E-state index in [1.54, 1.807) is 31.2 Å². The number of hydrogen-bond donors (Lipinski definition) is 2. The molecule has 2 N–H and O–H groups in total. The number of fused-ring (bicyclic) bond motifs is 1. The van der Waals surface area contributed by atoms with Crippen molar-refractivity contribution in [1.29, 1.82) is 5.26 Å². The lowest BCUT2D eigenvalue weighted by molar-refractivity contribution is 0.187. The largest absolute Gasteiger partial charge is 0.480 e. The first-order valence-corrected chi connectivity index (χ1v) is 7.94. The van der Waals surface area contributed by atoms with Crippen LogP contribution in [0, 0.1) is 11.3 Å². The summed E-state index contributed by atoms with van der Waals surface area (Å²) in [6.45, 7) is 1.72. The monoisotopic (exact) mass is 371 g/mol. The van der Waals surface area contributed by atoms with Gasteiger partial charge in [0.05, 0.1) is 24.9 Å². The summed E-state index contributed by atoms with van der Waals surface area (Å²) in [5.74, 6) is 0.311. The molecule has 3 rings (SSSR count). The van der Waals surface area contributed by atoms with E-state index in [9.17, 15) is 10.0 Å². The smallest absolute Gasteiger partial charge is 0.288 e. The van der Waals surface area contributed by atoms with Crippen molar-refractivity contribution in [3.63, 3.8) is 0 Å². The van der Waals surface area contributed by atoms with E-state index in [0.29, 0.717) is 26.2 Å². The van der Waals surface area contributed by atoms with Crippen LogP contribution in [0.25, 0.3) is 10.9 Å². The summed E-state index contributed by atoms with van der Waals surface area (Å²) in [7, 11) is 1.40. The van der Waals surface area contributed by atoms with Crippen LogP contribution in [0.3, 0.4) is 0 Å². The number of hydrogen-bond acceptors (Lipinski definition) is 7. The van der Waals surface area contributed by atoms with Gasteiger partial charge in [-0.1, -0.05) is 11.6 Å². The first kappa shape index (κ1) is 17.5. The van der Waals surface area contributed by atoms with E-state index in [1.165, 1.54) is 13.3 Å². The Morgan fingerprint density at radius 3 is 2.88 bits per heavy atom. The highest BCUT2D eigenvalue weighted by Gasteiger charge is 2.17. The number of pyridine rings is 1. The quantitative estimate of drug-likeness (QED) is 0.678. The lowest BCUT2D eigenvalue weighted by Crippen LogP contribution is -2.26. The first-order valence-electron chi connectivity index (χ1n) is 7.56. The Kier molecular flexibility index (Phi) is 4.65. The maximum absolute atomic E-state index is 12.5. The molecule has 26 heavy (non-hydrogen) atoms. The number of benzene rings is 1. The molecule has 3 aromatic rings. The third kappa shape index (κ3) is 3.12. The van der Waals surface area contributed by atoms with E-state index < -0.39 is 11.6 Å². The predicted octanol–water partition coefficient (Wildman–Crippen LogP) is 2.74. The zero-order valence-electron chi connectivity index (χ0n) is 13.9. The highest BCUT2D eigenvalue weighted by atomic mass is 35.5. The molecule has 0 unspecified atom stereocenters. The minimum atomic E-state index is -0.569. The Hall–Kier alpha value is -3.31. The van der Waals surface area contributed by atoms with Gasteiger partial charge in [-0.25, -0.2) is 4.98 Å². The van der Waals surface area contributed by atoms with Crippen molar-refractivity contribution >= 4 is 28.5 Å². The minimum absolute atomic E-state index is 0.127. The Labute approximate surface area is 153 Å². The molecule has 0 aliphatic carbocycles. The summed E-state index contributed by atoms with van der Waals surface area (Å²) < 4.78 is 5.63. The van der Waals surface area contributed by atoms with Crippen molar-refractivity contribution in [1.82, 2.24) is 14.7 Å². The van der Waals surface area contributed by atoms with Gasteiger partial charge in [0.1, 0.15) is 11.6 Å². The molecule has 0 saturated carbocycles. The second-order valence-electron chi connectivity index (χ2n) is 5.51. The summed E-state index contributed by atoms with van der Waals surface area (Å²) in [4.78, 5) is 20.6. The number of ether oxygens (including phenoxy) is 1. The van der Waals surface area contributed by atoms with E-state index in [0.717, 1.165) is 0 Å². The zero-order valence-corrected chi connectivity index (χ0v) is 14.7. The number of halogens is 1. The van der Waals surface area contributed by atoms with Gasteiger partial charge < -0.3 is 15.3 Å². The molecule has 0 bridgehead atoms. The molecule has 0 saturated heterocycles. The van der Waals surface area contributed by atoms with Gasteiger partial charge in [-0.2, -0.15) is 10.2 Å². The van der Waals surface area contributed by atoms with Crippen LogP contribution in [0.1, 0.15) is 24.1 Å². The fourth-order valence-corrected chi connectivity index (χ4v) is 2.73. The average Bonchev–Trinajstić information content (AvgIpc) is 2.64. The Morgan fingerprint density at radius 2 is 2.19 bits per heavy atom. The Morgan fingerprint density at radius 1 is 1.42 bits per heavy atom. The average molecular weight is 372 g/mol. The third-order valence-electron chi connectivity index (χ3n) is 3.85. The molecular formula is C17H14ClN5O3. The van der Waals surface area contributed by atoms with E-state index in [-0.39, 0.29) is 17.4 Å². The van der Waals surface area contributed by atoms with Crippen molar-refractivity contribution in [2.45, 2.75) is 13.0 Å². The third-order valence-corrected chi connectivity index (χ3v) is 4.08. The Bertz CT molecular complexity index is 1090. The molecule has 0 radical (unpaired) electrons. The molecule has 8 nitrogen and oxygen atoms in total. The molecule has 0 spiro atoms. The van der Waals surface area contributed by atoms with Crippen LogP contribution < -0.4 is 15.6 Å². The van der Waals surface area contributed by atoms with Gasteiger partial charge in [-0.15, -0.1) is 4.73 Å². The molecule has 2 heterocycles. The fourth-order valence-electron chi connectivity index (χ4n) is 2.54. The van der Waals surface area contributed by atoms with Crippen molar-refractivity contribution < 1.29 is 9.94 Å². The summed E-state index contributed by atoms with van der Waals surface area (Å²) in [5.41, 5.74) is 0.282. The van der Waals surface area contributed by atoms with E-state index in [2.05, 4.69) is 15.3 Å². The molecular weight excluding hydrogens is 358 g/mol. The summed E-state index contributed by atoms with van der Waals surface area (Å²) in [6, 6.07) is 7.86. The summed E-state index contributed by atoms with van der Waals surface area (Å²) in [6.07, 6.45) is 1.32. The minimum Gasteiger partial charge on any atom is -0.480 e. The second-order valence-corrected chi connectivity index (χ2v) is 5.95. The zero-order chi connectivity index (χ0) is 18.8. The van der Waals surface area contributed by atoms with Crippen molar-refractivity contribution in [3.8, 4) is 11.9 Å². The van der Waals surface area contributed by atoms with Gasteiger partial charge in [-0.05, 0) is 31.2 Å². The van der Waals surface area contributed by atoms with Gasteiger partial charge >= 0.3 is 0 Å². The highest BCUT2D eigenvalue weighted by Crippen LogP contribution is 2.23. The molecule has 0 amide bonds. The molecule has 9 heteroatoms. The first-order chi connectivity index (χ1) is 12.4. The van der Waals surface area contributed by atoms with Crippen LogP contribution in [0.4, 0.5) is 5.95 Å². The molecule has 0 aliphatic heterocycles. The van der Waals surface area contributed by atoms with Crippen LogP contribution in [0.5, 0.6) is 5.88 Å². The molecule has 2 aromatic heterocycles. The number of nitrogens with one attached hydrogen (secondary N) is 1. The summed E-state index contributed by atoms with van der Waals surface area (Å²) in [5, 5.41) is 23.2. The van der Waals surface area contributed by atoms with E-state index >= 15 is 0 Å². The molecule has 132 valence electrons. The van der Waals surface area contributed by atoms with Gasteiger partial charge in [0.2, 0.25) is 11.8 Å². The van der Waals surface area contributed by atoms with Crippen LogP contribution in [-0.4, -0.2) is 27.0 Å². The second kappa shape index (κ2) is 6.90. The molecule has 1 aromatic carbocycles. The molecule has 0 aliphatic rings. The Balaban J connectivity index is 2.00. The predicted molar refractivity (Wildman–Crippen MR) is 95.7 cm³/mol. The van der Waals surface area contributed by atoms with Crippen LogP contribution >= 0.6 is 11.6 Å². The van der Waals surface area contributed by atoms with Crippen LogP contribution in [0.15, 0.2) is 35.3 Å². The lowest BCUT2D eigenvalue weighted by Gasteiger charge is -2.16. The number of anilines is 1. The topological polar surface area (TPSA) is 113 Å². The van der Waals surface area contributed by atoms with Crippen LogP contribution in [-0.2, 0) is 0 Å². The van der Waals surface area contributed by atoms with Gasteiger partial charge in [0, 0.05) is 16.0 Å². The summed E-state index contributed by atoms with van der Waals surface area (Å²) >= 11 is 5.99. The van der Waals surface area contributed by atoms with Gasteiger partial charge in [0.15, 0.2) is 0 Å². The standard InChI is InChI=1S/C17H14ClN5O3/c1-9(21-17-20-8-11(7-19)15(22-17)26-2)13-6-10-5-12(18)3-4-14(10)23(25)16(13)24/h3-6,8-9,25H,1-2H3,(H,20,21,22)/t9-/m0/s1. The van der Waals surface area contributed by atoms with Gasteiger partial charge in [0.25, 0.3) is 5.56 Å². The maximum Gasteiger partial charge on any atom is 0.288 e. The number of nitriles is 1. The van der Waals surface area contributed by atoms with Crippen molar-refractivity contribution in [2.24, 2.45) is 0 Å².